The molecule has 0 aliphatic carbocycles. The molecule has 1 aliphatic rings. The zero-order chi connectivity index (χ0) is 19.9. The number of carbonyl (C=O) groups excluding carboxylic acids is 2. The molecule has 28 heavy (non-hydrogen) atoms. The summed E-state index contributed by atoms with van der Waals surface area (Å²) in [5, 5.41) is 5.95. The Kier molecular flexibility index (Phi) is 6.49. The minimum atomic E-state index is -0.504. The number of amides is 2. The fourth-order valence-corrected chi connectivity index (χ4v) is 2.90. The molecule has 7 heteroatoms. The van der Waals surface area contributed by atoms with Crippen molar-refractivity contribution in [3.63, 3.8) is 0 Å². The number of anilines is 2. The third kappa shape index (κ3) is 5.47. The number of hydrogen-bond acceptors (Lipinski definition) is 5. The molecule has 2 aromatic rings. The minimum absolute atomic E-state index is 0.179. The summed E-state index contributed by atoms with van der Waals surface area (Å²) in [6, 6.07) is 13.5. The molecule has 0 aromatic heterocycles. The number of hydrogen-bond donors (Lipinski definition) is 3. The molecule has 7 nitrogen and oxygen atoms in total. The van der Waals surface area contributed by atoms with Crippen LogP contribution in [0.5, 0.6) is 5.75 Å². The molecule has 0 radical (unpaired) electrons. The summed E-state index contributed by atoms with van der Waals surface area (Å²) in [4.78, 5) is 23.4. The number of carbonyl (C=O) groups is 2. The average molecular weight is 383 g/mol. The van der Waals surface area contributed by atoms with Gasteiger partial charge in [-0.05, 0) is 68.3 Å². The predicted molar refractivity (Wildman–Crippen MR) is 108 cm³/mol. The monoisotopic (exact) mass is 383 g/mol. The van der Waals surface area contributed by atoms with Gasteiger partial charge in [-0.25, -0.2) is 0 Å². The highest BCUT2D eigenvalue weighted by molar-refractivity contribution is 5.97. The second-order valence-corrected chi connectivity index (χ2v) is 6.77. The van der Waals surface area contributed by atoms with Crippen LogP contribution in [0.1, 0.15) is 30.1 Å². The summed E-state index contributed by atoms with van der Waals surface area (Å²) in [6.45, 7) is 3.14. The molecule has 2 atom stereocenters. The van der Waals surface area contributed by atoms with Gasteiger partial charge in [0.15, 0.2) is 0 Å². The van der Waals surface area contributed by atoms with Gasteiger partial charge in [0.05, 0.1) is 6.10 Å². The maximum absolute atomic E-state index is 12.3. The molecule has 1 fully saturated rings. The molecule has 2 unspecified atom stereocenters. The van der Waals surface area contributed by atoms with Crippen LogP contribution >= 0.6 is 0 Å². The van der Waals surface area contributed by atoms with E-state index >= 15 is 0 Å². The first-order chi connectivity index (χ1) is 13.5. The zero-order valence-electron chi connectivity index (χ0n) is 15.8. The van der Waals surface area contributed by atoms with E-state index in [1.165, 1.54) is 0 Å². The zero-order valence-corrected chi connectivity index (χ0v) is 15.8. The molecule has 2 amide bonds. The molecule has 1 aliphatic heterocycles. The van der Waals surface area contributed by atoms with Crippen LogP contribution in [-0.2, 0) is 9.53 Å². The van der Waals surface area contributed by atoms with Crippen LogP contribution in [0.3, 0.4) is 0 Å². The third-order valence-electron chi connectivity index (χ3n) is 4.53. The van der Waals surface area contributed by atoms with Gasteiger partial charge in [0.25, 0.3) is 0 Å². The molecule has 1 heterocycles. The van der Waals surface area contributed by atoms with E-state index in [0.29, 0.717) is 17.9 Å². The quantitative estimate of drug-likeness (QED) is 0.650. The maximum atomic E-state index is 12.3. The Bertz CT molecular complexity index is 799. The molecule has 3 rings (SSSR count). The van der Waals surface area contributed by atoms with E-state index in [0.717, 1.165) is 30.9 Å². The van der Waals surface area contributed by atoms with Crippen molar-refractivity contribution in [2.24, 2.45) is 5.73 Å². The lowest BCUT2D eigenvalue weighted by Gasteiger charge is -2.16. The lowest BCUT2D eigenvalue weighted by atomic mass is 10.2. The Balaban J connectivity index is 1.48. The molecule has 4 N–H and O–H groups in total. The van der Waals surface area contributed by atoms with Crippen molar-refractivity contribution in [2.45, 2.75) is 31.9 Å². The van der Waals surface area contributed by atoms with Crippen molar-refractivity contribution in [1.82, 2.24) is 0 Å². The topological polar surface area (TPSA) is 103 Å². The third-order valence-corrected chi connectivity index (χ3v) is 4.53. The van der Waals surface area contributed by atoms with Gasteiger partial charge in [0.2, 0.25) is 11.8 Å². The van der Waals surface area contributed by atoms with Crippen molar-refractivity contribution in [3.05, 3.63) is 54.1 Å². The van der Waals surface area contributed by atoms with Crippen LogP contribution in [0.2, 0.25) is 0 Å². The number of rotatable bonds is 8. The summed E-state index contributed by atoms with van der Waals surface area (Å²) < 4.78 is 11.3. The Labute approximate surface area is 164 Å². The summed E-state index contributed by atoms with van der Waals surface area (Å²) >= 11 is 0. The van der Waals surface area contributed by atoms with E-state index in [4.69, 9.17) is 15.2 Å². The van der Waals surface area contributed by atoms with E-state index in [-0.39, 0.29) is 12.0 Å². The van der Waals surface area contributed by atoms with Crippen molar-refractivity contribution in [1.29, 1.82) is 0 Å². The standard InChI is InChI=1S/C21H25N3O4/c1-14(21(26)24-17-6-4-15(5-7-17)20(22)25)23-16-8-10-18(11-9-16)28-13-19-3-2-12-27-19/h4-11,14,19,23H,2-3,12-13H2,1H3,(H2,22,25)(H,24,26). The number of primary amides is 1. The molecule has 1 saturated heterocycles. The average Bonchev–Trinajstić information content (AvgIpc) is 3.21. The molecular formula is C21H25N3O4. The smallest absolute Gasteiger partial charge is 0.248 e. The highest BCUT2D eigenvalue weighted by atomic mass is 16.5. The number of benzene rings is 2. The summed E-state index contributed by atoms with van der Waals surface area (Å²) in [5.74, 6) is 0.0781. The van der Waals surface area contributed by atoms with E-state index in [1.807, 2.05) is 24.3 Å². The van der Waals surface area contributed by atoms with Crippen molar-refractivity contribution < 1.29 is 19.1 Å². The number of nitrogens with two attached hydrogens (primary N) is 1. The van der Waals surface area contributed by atoms with E-state index < -0.39 is 11.9 Å². The van der Waals surface area contributed by atoms with Gasteiger partial charge in [-0.15, -0.1) is 0 Å². The Morgan fingerprint density at radius 3 is 2.43 bits per heavy atom. The fourth-order valence-electron chi connectivity index (χ4n) is 2.90. The van der Waals surface area contributed by atoms with E-state index in [1.54, 1.807) is 31.2 Å². The Morgan fingerprint density at radius 2 is 1.82 bits per heavy atom. The van der Waals surface area contributed by atoms with Gasteiger partial charge >= 0.3 is 0 Å². The van der Waals surface area contributed by atoms with Crippen LogP contribution in [0, 0.1) is 0 Å². The molecule has 2 aromatic carbocycles. The SMILES string of the molecule is CC(Nc1ccc(OCC2CCCO2)cc1)C(=O)Nc1ccc(C(N)=O)cc1. The van der Waals surface area contributed by atoms with E-state index in [9.17, 15) is 9.59 Å². The minimum Gasteiger partial charge on any atom is -0.491 e. The van der Waals surface area contributed by atoms with E-state index in [2.05, 4.69) is 10.6 Å². The first-order valence-electron chi connectivity index (χ1n) is 9.33. The molecule has 148 valence electrons. The molecule has 0 spiro atoms. The number of ether oxygens (including phenoxy) is 2. The summed E-state index contributed by atoms with van der Waals surface area (Å²) in [6.07, 6.45) is 2.31. The second kappa shape index (κ2) is 9.23. The molecule has 0 saturated carbocycles. The maximum Gasteiger partial charge on any atom is 0.248 e. The summed E-state index contributed by atoms with van der Waals surface area (Å²) in [7, 11) is 0. The van der Waals surface area contributed by atoms with Crippen molar-refractivity contribution in [2.75, 3.05) is 23.8 Å². The van der Waals surface area contributed by atoms with Gasteiger partial charge in [0, 0.05) is 23.5 Å². The lowest BCUT2D eigenvalue weighted by molar-refractivity contribution is -0.116. The fraction of sp³-hybridized carbons (Fsp3) is 0.333. The highest BCUT2D eigenvalue weighted by Crippen LogP contribution is 2.19. The normalized spacial score (nSPS) is 17.0. The van der Waals surface area contributed by atoms with Crippen LogP contribution in [0.25, 0.3) is 0 Å². The van der Waals surface area contributed by atoms with Crippen molar-refractivity contribution in [3.8, 4) is 5.75 Å². The second-order valence-electron chi connectivity index (χ2n) is 6.77. The Morgan fingerprint density at radius 1 is 1.14 bits per heavy atom. The van der Waals surface area contributed by atoms with Gasteiger partial charge in [-0.3, -0.25) is 9.59 Å². The van der Waals surface area contributed by atoms with Gasteiger partial charge in [-0.2, -0.15) is 0 Å². The van der Waals surface area contributed by atoms with Gasteiger partial charge < -0.3 is 25.8 Å². The first kappa shape index (κ1) is 19.7. The van der Waals surface area contributed by atoms with Gasteiger partial charge in [0.1, 0.15) is 18.4 Å². The van der Waals surface area contributed by atoms with Crippen LogP contribution < -0.4 is 21.1 Å². The molecular weight excluding hydrogens is 358 g/mol. The summed E-state index contributed by atoms with van der Waals surface area (Å²) in [5.41, 5.74) is 7.02. The Hall–Kier alpha value is -3.06. The van der Waals surface area contributed by atoms with Crippen LogP contribution in [0.15, 0.2) is 48.5 Å². The van der Waals surface area contributed by atoms with Crippen LogP contribution in [0.4, 0.5) is 11.4 Å². The largest absolute Gasteiger partial charge is 0.491 e. The lowest BCUT2D eigenvalue weighted by Crippen LogP contribution is -2.31. The highest BCUT2D eigenvalue weighted by Gasteiger charge is 2.16. The predicted octanol–water partition coefficient (Wildman–Crippen LogP) is 2.78. The first-order valence-corrected chi connectivity index (χ1v) is 9.33. The van der Waals surface area contributed by atoms with Gasteiger partial charge in [-0.1, -0.05) is 0 Å². The molecule has 0 bridgehead atoms. The number of nitrogens with one attached hydrogen (secondary N) is 2. The van der Waals surface area contributed by atoms with Crippen molar-refractivity contribution >= 4 is 23.2 Å². The van der Waals surface area contributed by atoms with Crippen LogP contribution in [-0.4, -0.2) is 37.2 Å².